The Morgan fingerprint density at radius 1 is 1.17 bits per heavy atom. The Labute approximate surface area is 188 Å². The molecule has 1 N–H and O–H groups in total. The Hall–Kier alpha value is -1.73. The molecule has 0 aliphatic carbocycles. The lowest BCUT2D eigenvalue weighted by Crippen LogP contribution is -2.32. The molecule has 0 fully saturated rings. The van der Waals surface area contributed by atoms with Crippen molar-refractivity contribution in [2.45, 2.75) is 45.0 Å². The summed E-state index contributed by atoms with van der Waals surface area (Å²) in [6.45, 7) is 9.59. The van der Waals surface area contributed by atoms with Crippen molar-refractivity contribution < 1.29 is 18.8 Å². The number of hydrogen-bond donors (Lipinski definition) is 1. The molecule has 1 atom stereocenters. The van der Waals surface area contributed by atoms with Gasteiger partial charge in [-0.25, -0.2) is 0 Å². The van der Waals surface area contributed by atoms with Crippen LogP contribution in [0.15, 0.2) is 48.5 Å². The fourth-order valence-electron chi connectivity index (χ4n) is 2.86. The molecule has 2 rings (SSSR count). The molecule has 30 heavy (non-hydrogen) atoms. The Bertz CT molecular complexity index is 808. The second-order valence-corrected chi connectivity index (χ2v) is 9.11. The van der Waals surface area contributed by atoms with E-state index in [0.29, 0.717) is 36.0 Å². The van der Waals surface area contributed by atoms with Crippen LogP contribution >= 0.6 is 23.6 Å². The standard InChI is InChI=1S/C23H30ClNO4S/c1-5-25(15-14-22(26)29-23(2,3)4)16-21(30-27)17-10-12-18(13-11-17)28-20-9-7-6-8-19(20)24/h6-13,21,27H,5,14-16H2,1-4H3. The highest BCUT2D eigenvalue weighted by molar-refractivity contribution is 7.94. The van der Waals surface area contributed by atoms with Crippen molar-refractivity contribution in [2.24, 2.45) is 0 Å². The summed E-state index contributed by atoms with van der Waals surface area (Å²) in [7, 11) is 0. The van der Waals surface area contributed by atoms with E-state index in [1.54, 1.807) is 6.07 Å². The van der Waals surface area contributed by atoms with Gasteiger partial charge in [0, 0.05) is 13.1 Å². The van der Waals surface area contributed by atoms with E-state index in [2.05, 4.69) is 4.90 Å². The van der Waals surface area contributed by atoms with Gasteiger partial charge in [-0.05, 0) is 69.2 Å². The van der Waals surface area contributed by atoms with E-state index in [1.807, 2.05) is 70.2 Å². The fraction of sp³-hybridized carbons (Fsp3) is 0.435. The van der Waals surface area contributed by atoms with Crippen molar-refractivity contribution in [3.63, 3.8) is 0 Å². The average Bonchev–Trinajstić information content (AvgIpc) is 2.69. The van der Waals surface area contributed by atoms with Crippen LogP contribution in [-0.2, 0) is 9.53 Å². The van der Waals surface area contributed by atoms with E-state index >= 15 is 0 Å². The maximum absolute atomic E-state index is 12.0. The summed E-state index contributed by atoms with van der Waals surface area (Å²) < 4.78 is 21.0. The summed E-state index contributed by atoms with van der Waals surface area (Å²) in [6, 6.07) is 14.9. The van der Waals surface area contributed by atoms with Gasteiger partial charge in [-0.3, -0.25) is 4.79 Å². The average molecular weight is 452 g/mol. The minimum atomic E-state index is -0.481. The summed E-state index contributed by atoms with van der Waals surface area (Å²) in [5.74, 6) is 1.06. The monoisotopic (exact) mass is 451 g/mol. The van der Waals surface area contributed by atoms with Crippen LogP contribution < -0.4 is 4.74 Å². The molecule has 0 heterocycles. The van der Waals surface area contributed by atoms with E-state index in [4.69, 9.17) is 21.1 Å². The van der Waals surface area contributed by atoms with Crippen molar-refractivity contribution in [3.05, 3.63) is 59.1 Å². The van der Waals surface area contributed by atoms with E-state index in [-0.39, 0.29) is 11.2 Å². The van der Waals surface area contributed by atoms with E-state index < -0.39 is 5.60 Å². The molecule has 0 bridgehead atoms. The lowest BCUT2D eigenvalue weighted by atomic mass is 10.1. The first-order valence-electron chi connectivity index (χ1n) is 9.98. The van der Waals surface area contributed by atoms with E-state index in [9.17, 15) is 9.35 Å². The Morgan fingerprint density at radius 3 is 2.40 bits per heavy atom. The van der Waals surface area contributed by atoms with E-state index in [1.165, 1.54) is 0 Å². The third-order valence-corrected chi connectivity index (χ3v) is 5.35. The van der Waals surface area contributed by atoms with Gasteiger partial charge in [-0.2, -0.15) is 0 Å². The number of carbonyl (C=O) groups is 1. The van der Waals surface area contributed by atoms with Gasteiger partial charge >= 0.3 is 5.97 Å². The maximum atomic E-state index is 12.0. The number of halogens is 1. The van der Waals surface area contributed by atoms with Crippen LogP contribution in [0.5, 0.6) is 11.5 Å². The van der Waals surface area contributed by atoms with Gasteiger partial charge in [0.2, 0.25) is 0 Å². The zero-order chi connectivity index (χ0) is 22.1. The fourth-order valence-corrected chi connectivity index (χ4v) is 3.59. The second-order valence-electron chi connectivity index (χ2n) is 7.93. The number of benzene rings is 2. The molecule has 0 aliphatic rings. The molecule has 0 spiro atoms. The number of nitrogens with zero attached hydrogens (tertiary/aromatic N) is 1. The van der Waals surface area contributed by atoms with Crippen molar-refractivity contribution in [1.82, 2.24) is 4.90 Å². The Morgan fingerprint density at radius 2 is 1.83 bits per heavy atom. The topological polar surface area (TPSA) is 59.0 Å². The number of esters is 1. The summed E-state index contributed by atoms with van der Waals surface area (Å²) >= 11 is 6.94. The predicted molar refractivity (Wildman–Crippen MR) is 124 cm³/mol. The molecule has 7 heteroatoms. The van der Waals surface area contributed by atoms with Crippen LogP contribution in [0.25, 0.3) is 0 Å². The molecule has 0 aliphatic heterocycles. The van der Waals surface area contributed by atoms with Gasteiger partial charge in [-0.1, -0.05) is 42.8 Å². The second kappa shape index (κ2) is 11.6. The first-order chi connectivity index (χ1) is 14.2. The lowest BCUT2D eigenvalue weighted by molar-refractivity contribution is -0.155. The highest BCUT2D eigenvalue weighted by Crippen LogP contribution is 2.32. The van der Waals surface area contributed by atoms with Gasteiger partial charge in [0.05, 0.1) is 16.7 Å². The smallest absolute Gasteiger partial charge is 0.307 e. The Kier molecular flexibility index (Phi) is 9.49. The quantitative estimate of drug-likeness (QED) is 0.331. The van der Waals surface area contributed by atoms with Gasteiger partial charge in [0.1, 0.15) is 17.1 Å². The summed E-state index contributed by atoms with van der Waals surface area (Å²) in [4.78, 5) is 14.1. The molecular weight excluding hydrogens is 422 g/mol. The molecule has 164 valence electrons. The molecule has 0 radical (unpaired) electrons. The van der Waals surface area contributed by atoms with Crippen LogP contribution in [0.1, 0.15) is 44.9 Å². The van der Waals surface area contributed by atoms with Gasteiger partial charge in [0.25, 0.3) is 0 Å². The van der Waals surface area contributed by atoms with Crippen LogP contribution in [-0.4, -0.2) is 40.7 Å². The number of carbonyl (C=O) groups excluding carboxylic acids is 1. The number of hydrogen-bond acceptors (Lipinski definition) is 6. The number of rotatable bonds is 10. The molecule has 0 amide bonds. The third kappa shape index (κ3) is 8.19. The predicted octanol–water partition coefficient (Wildman–Crippen LogP) is 6.43. The Balaban J connectivity index is 1.95. The first-order valence-corrected chi connectivity index (χ1v) is 11.2. The minimum Gasteiger partial charge on any atom is -0.460 e. The first kappa shape index (κ1) is 24.5. The normalized spacial score (nSPS) is 12.6. The van der Waals surface area contributed by atoms with Crippen LogP contribution in [0, 0.1) is 0 Å². The molecule has 0 saturated carbocycles. The molecule has 5 nitrogen and oxygen atoms in total. The summed E-state index contributed by atoms with van der Waals surface area (Å²) in [5.41, 5.74) is 0.496. The molecular formula is C23H30ClNO4S. The van der Waals surface area contributed by atoms with Crippen molar-refractivity contribution in [3.8, 4) is 11.5 Å². The highest BCUT2D eigenvalue weighted by Gasteiger charge is 2.20. The maximum Gasteiger partial charge on any atom is 0.307 e. The largest absolute Gasteiger partial charge is 0.460 e. The lowest BCUT2D eigenvalue weighted by Gasteiger charge is -2.26. The molecule has 0 aromatic heterocycles. The summed E-state index contributed by atoms with van der Waals surface area (Å²) in [5, 5.41) is 0.409. The molecule has 2 aromatic rings. The number of para-hydroxylation sites is 1. The van der Waals surface area contributed by atoms with Crippen molar-refractivity contribution >= 4 is 29.6 Å². The van der Waals surface area contributed by atoms with Crippen LogP contribution in [0.4, 0.5) is 0 Å². The third-order valence-electron chi connectivity index (χ3n) is 4.37. The number of likely N-dealkylation sites (N-methyl/N-ethyl adjacent to an activating group) is 1. The number of ether oxygens (including phenoxy) is 2. The van der Waals surface area contributed by atoms with Crippen LogP contribution in [0.2, 0.25) is 5.02 Å². The molecule has 0 saturated heterocycles. The highest BCUT2D eigenvalue weighted by atomic mass is 35.5. The van der Waals surface area contributed by atoms with Crippen LogP contribution in [0.3, 0.4) is 0 Å². The zero-order valence-corrected chi connectivity index (χ0v) is 19.5. The van der Waals surface area contributed by atoms with Gasteiger partial charge in [-0.15, -0.1) is 0 Å². The van der Waals surface area contributed by atoms with Crippen molar-refractivity contribution in [2.75, 3.05) is 19.6 Å². The van der Waals surface area contributed by atoms with Crippen molar-refractivity contribution in [1.29, 1.82) is 0 Å². The van der Waals surface area contributed by atoms with Gasteiger partial charge in [0.15, 0.2) is 0 Å². The molecule has 1 unspecified atom stereocenters. The minimum absolute atomic E-state index is 0.141. The summed E-state index contributed by atoms with van der Waals surface area (Å²) in [6.07, 6.45) is 0.318. The van der Waals surface area contributed by atoms with E-state index in [0.717, 1.165) is 24.2 Å². The van der Waals surface area contributed by atoms with Gasteiger partial charge < -0.3 is 18.9 Å². The zero-order valence-electron chi connectivity index (χ0n) is 17.9. The SMILES string of the molecule is CCN(CCC(=O)OC(C)(C)C)CC(SO)c1ccc(Oc2ccccc2Cl)cc1. The molecule has 2 aromatic carbocycles.